The zero-order chi connectivity index (χ0) is 17.2. The highest BCUT2D eigenvalue weighted by Crippen LogP contribution is 2.38. The standard InChI is InChI=1S/C17H29N3O3.HI/c1-6-23-16-14(21-4)9-13(10-15(16)22-5)11-20-17(18)19-8-7-12(2)3;/h9-10,12H,6-8,11H2,1-5H3,(H3,18,19,20);1H. The lowest BCUT2D eigenvalue weighted by Crippen LogP contribution is -2.32. The van der Waals surface area contributed by atoms with Crippen LogP contribution in [-0.4, -0.2) is 33.3 Å². The number of ether oxygens (including phenoxy) is 3. The molecule has 7 heteroatoms. The average Bonchev–Trinajstić information content (AvgIpc) is 2.53. The predicted molar refractivity (Wildman–Crippen MR) is 109 cm³/mol. The van der Waals surface area contributed by atoms with Crippen LogP contribution in [0.5, 0.6) is 17.2 Å². The molecule has 0 aliphatic heterocycles. The van der Waals surface area contributed by atoms with E-state index in [-0.39, 0.29) is 24.0 Å². The molecule has 1 aromatic carbocycles. The first-order chi connectivity index (χ1) is 11.0. The van der Waals surface area contributed by atoms with Crippen LogP contribution in [0, 0.1) is 5.92 Å². The van der Waals surface area contributed by atoms with Gasteiger partial charge in [0.15, 0.2) is 17.5 Å². The number of nitrogens with zero attached hydrogens (tertiary/aromatic N) is 1. The summed E-state index contributed by atoms with van der Waals surface area (Å²) >= 11 is 0. The van der Waals surface area contributed by atoms with Crippen LogP contribution in [0.3, 0.4) is 0 Å². The monoisotopic (exact) mass is 451 g/mol. The van der Waals surface area contributed by atoms with Crippen molar-refractivity contribution in [2.75, 3.05) is 27.4 Å². The Bertz CT molecular complexity index is 497. The highest BCUT2D eigenvalue weighted by molar-refractivity contribution is 14.0. The number of nitrogens with one attached hydrogen (secondary N) is 1. The van der Waals surface area contributed by atoms with Crippen LogP contribution in [0.2, 0.25) is 0 Å². The van der Waals surface area contributed by atoms with E-state index in [0.29, 0.717) is 42.3 Å². The average molecular weight is 451 g/mol. The van der Waals surface area contributed by atoms with Gasteiger partial charge in [0.25, 0.3) is 0 Å². The number of methoxy groups -OCH3 is 2. The van der Waals surface area contributed by atoms with Gasteiger partial charge in [-0.2, -0.15) is 0 Å². The summed E-state index contributed by atoms with van der Waals surface area (Å²) in [5.74, 6) is 2.94. The largest absolute Gasteiger partial charge is 0.493 e. The van der Waals surface area contributed by atoms with Crippen molar-refractivity contribution >= 4 is 29.9 Å². The van der Waals surface area contributed by atoms with Crippen LogP contribution in [0.4, 0.5) is 0 Å². The molecule has 0 bridgehead atoms. The molecule has 24 heavy (non-hydrogen) atoms. The molecule has 0 heterocycles. The first kappa shape index (κ1) is 22.6. The van der Waals surface area contributed by atoms with E-state index < -0.39 is 0 Å². The van der Waals surface area contributed by atoms with Crippen molar-refractivity contribution in [3.05, 3.63) is 17.7 Å². The molecule has 0 saturated carbocycles. The molecular formula is C17H30IN3O3. The second-order valence-electron chi connectivity index (χ2n) is 5.57. The Hall–Kier alpha value is -1.38. The highest BCUT2D eigenvalue weighted by Gasteiger charge is 2.13. The minimum atomic E-state index is 0. The van der Waals surface area contributed by atoms with Gasteiger partial charge >= 0.3 is 0 Å². The molecule has 0 aliphatic rings. The second-order valence-corrected chi connectivity index (χ2v) is 5.57. The van der Waals surface area contributed by atoms with Crippen molar-refractivity contribution in [1.82, 2.24) is 5.32 Å². The van der Waals surface area contributed by atoms with Gasteiger partial charge in [-0.1, -0.05) is 13.8 Å². The topological polar surface area (TPSA) is 78.1 Å². The van der Waals surface area contributed by atoms with Crippen molar-refractivity contribution < 1.29 is 14.2 Å². The van der Waals surface area contributed by atoms with Gasteiger partial charge in [-0.25, -0.2) is 4.99 Å². The van der Waals surface area contributed by atoms with Crippen LogP contribution < -0.4 is 25.3 Å². The van der Waals surface area contributed by atoms with Gasteiger partial charge in [0.1, 0.15) is 0 Å². The molecule has 0 radical (unpaired) electrons. The quantitative estimate of drug-likeness (QED) is 0.343. The normalized spacial score (nSPS) is 11.0. The number of nitrogens with two attached hydrogens (primary N) is 1. The van der Waals surface area contributed by atoms with Crippen molar-refractivity contribution in [1.29, 1.82) is 0 Å². The minimum Gasteiger partial charge on any atom is -0.493 e. The SMILES string of the molecule is CCOc1c(OC)cc(CN=C(N)NCCC(C)C)cc1OC.I. The minimum absolute atomic E-state index is 0. The van der Waals surface area contributed by atoms with Crippen LogP contribution in [0.15, 0.2) is 17.1 Å². The lowest BCUT2D eigenvalue weighted by atomic mass is 10.1. The van der Waals surface area contributed by atoms with Gasteiger partial charge in [0.05, 0.1) is 27.4 Å². The molecule has 0 aromatic heterocycles. The Balaban J connectivity index is 0.00000529. The molecule has 0 spiro atoms. The molecule has 138 valence electrons. The van der Waals surface area contributed by atoms with Crippen molar-refractivity contribution in [3.63, 3.8) is 0 Å². The number of halogens is 1. The Morgan fingerprint density at radius 3 is 2.25 bits per heavy atom. The Morgan fingerprint density at radius 2 is 1.79 bits per heavy atom. The third-order valence-electron chi connectivity index (χ3n) is 3.27. The maximum absolute atomic E-state index is 5.88. The molecule has 1 aromatic rings. The maximum Gasteiger partial charge on any atom is 0.203 e. The zero-order valence-electron chi connectivity index (χ0n) is 15.2. The van der Waals surface area contributed by atoms with Crippen molar-refractivity contribution in [3.8, 4) is 17.2 Å². The van der Waals surface area contributed by atoms with E-state index in [0.717, 1.165) is 18.5 Å². The zero-order valence-corrected chi connectivity index (χ0v) is 17.5. The Morgan fingerprint density at radius 1 is 1.21 bits per heavy atom. The van der Waals surface area contributed by atoms with Gasteiger partial charge in [-0.05, 0) is 37.0 Å². The summed E-state index contributed by atoms with van der Waals surface area (Å²) in [5.41, 5.74) is 6.82. The van der Waals surface area contributed by atoms with Gasteiger partial charge in [-0.15, -0.1) is 24.0 Å². The summed E-state index contributed by atoms with van der Waals surface area (Å²) in [6, 6.07) is 3.77. The summed E-state index contributed by atoms with van der Waals surface area (Å²) < 4.78 is 16.3. The van der Waals surface area contributed by atoms with E-state index in [1.165, 1.54) is 0 Å². The van der Waals surface area contributed by atoms with Crippen LogP contribution >= 0.6 is 24.0 Å². The number of benzene rings is 1. The number of hydrogen-bond acceptors (Lipinski definition) is 4. The lowest BCUT2D eigenvalue weighted by molar-refractivity contribution is 0.288. The third-order valence-corrected chi connectivity index (χ3v) is 3.27. The van der Waals surface area contributed by atoms with E-state index in [9.17, 15) is 0 Å². The smallest absolute Gasteiger partial charge is 0.203 e. The van der Waals surface area contributed by atoms with E-state index in [2.05, 4.69) is 24.2 Å². The van der Waals surface area contributed by atoms with Gasteiger partial charge < -0.3 is 25.3 Å². The van der Waals surface area contributed by atoms with Crippen LogP contribution in [0.1, 0.15) is 32.8 Å². The van der Waals surface area contributed by atoms with E-state index in [1.807, 2.05) is 19.1 Å². The van der Waals surface area contributed by atoms with Crippen LogP contribution in [0.25, 0.3) is 0 Å². The van der Waals surface area contributed by atoms with Crippen molar-refractivity contribution in [2.45, 2.75) is 33.7 Å². The second kappa shape index (κ2) is 12.0. The fraction of sp³-hybridized carbons (Fsp3) is 0.588. The molecule has 0 fully saturated rings. The van der Waals surface area contributed by atoms with Gasteiger partial charge in [0.2, 0.25) is 5.75 Å². The molecule has 0 saturated heterocycles. The van der Waals surface area contributed by atoms with Crippen molar-refractivity contribution in [2.24, 2.45) is 16.6 Å². The molecular weight excluding hydrogens is 421 g/mol. The number of aliphatic imine (C=N–C) groups is 1. The first-order valence-corrected chi connectivity index (χ1v) is 7.93. The molecule has 0 unspecified atom stereocenters. The predicted octanol–water partition coefficient (Wildman–Crippen LogP) is 3.17. The molecule has 0 atom stereocenters. The van der Waals surface area contributed by atoms with Crippen LogP contribution in [-0.2, 0) is 6.54 Å². The molecule has 1 rings (SSSR count). The molecule has 0 amide bonds. The number of hydrogen-bond donors (Lipinski definition) is 2. The fourth-order valence-electron chi connectivity index (χ4n) is 2.03. The highest BCUT2D eigenvalue weighted by atomic mass is 127. The van der Waals surface area contributed by atoms with E-state index >= 15 is 0 Å². The first-order valence-electron chi connectivity index (χ1n) is 7.93. The Kier molecular flexibility index (Phi) is 11.4. The summed E-state index contributed by atoms with van der Waals surface area (Å²) in [6.45, 7) is 8.07. The van der Waals surface area contributed by atoms with Gasteiger partial charge in [-0.3, -0.25) is 0 Å². The summed E-state index contributed by atoms with van der Waals surface area (Å²) in [4.78, 5) is 4.35. The number of guanidine groups is 1. The third kappa shape index (κ3) is 7.46. The maximum atomic E-state index is 5.88. The molecule has 3 N–H and O–H groups in total. The van der Waals surface area contributed by atoms with E-state index in [1.54, 1.807) is 14.2 Å². The summed E-state index contributed by atoms with van der Waals surface area (Å²) in [5, 5.41) is 3.11. The Labute approximate surface area is 162 Å². The molecule has 0 aliphatic carbocycles. The molecule has 6 nitrogen and oxygen atoms in total. The summed E-state index contributed by atoms with van der Waals surface area (Å²) in [7, 11) is 3.21. The lowest BCUT2D eigenvalue weighted by Gasteiger charge is -2.15. The number of rotatable bonds is 9. The summed E-state index contributed by atoms with van der Waals surface area (Å²) in [6.07, 6.45) is 1.06. The van der Waals surface area contributed by atoms with Gasteiger partial charge in [0, 0.05) is 6.54 Å². The van der Waals surface area contributed by atoms with E-state index in [4.69, 9.17) is 19.9 Å². The fourth-order valence-corrected chi connectivity index (χ4v) is 2.03.